The highest BCUT2D eigenvalue weighted by molar-refractivity contribution is 5.53. The van der Waals surface area contributed by atoms with Crippen molar-refractivity contribution in [2.75, 3.05) is 11.9 Å². The van der Waals surface area contributed by atoms with Crippen LogP contribution in [0.25, 0.3) is 0 Å². The Balaban J connectivity index is 1.91. The first-order valence-electron chi connectivity index (χ1n) is 6.19. The summed E-state index contributed by atoms with van der Waals surface area (Å²) in [5.74, 6) is 0. The average molecular weight is 243 g/mol. The number of ether oxygens (including phenoxy) is 1. The minimum atomic E-state index is 0.199. The topological polar surface area (TPSA) is 49.9 Å². The van der Waals surface area contributed by atoms with Crippen LogP contribution in [0.2, 0.25) is 0 Å². The zero-order valence-corrected chi connectivity index (χ0v) is 10.7. The summed E-state index contributed by atoms with van der Waals surface area (Å²) in [7, 11) is 0. The van der Waals surface area contributed by atoms with Crippen molar-refractivity contribution >= 4 is 5.69 Å². The molecule has 18 heavy (non-hydrogen) atoms. The number of benzene rings is 1. The summed E-state index contributed by atoms with van der Waals surface area (Å²) < 4.78 is 5.64. The largest absolute Gasteiger partial charge is 0.374 e. The van der Waals surface area contributed by atoms with E-state index in [1.165, 1.54) is 11.1 Å². The standard InChI is InChI=1S/C14H17N3O/c1-9-14(10(2)17-16-9)15-13-8-18-7-11-5-3-4-6-12(11)13/h3-6,13,15H,7-8H2,1-2H3,(H,16,17). The molecule has 0 saturated carbocycles. The third-order valence-electron chi connectivity index (χ3n) is 3.42. The van der Waals surface area contributed by atoms with Crippen LogP contribution >= 0.6 is 0 Å². The highest BCUT2D eigenvalue weighted by Gasteiger charge is 2.21. The SMILES string of the molecule is Cc1n[nH]c(C)c1NC1COCc2ccccc21. The molecule has 4 heteroatoms. The highest BCUT2D eigenvalue weighted by Crippen LogP contribution is 2.29. The lowest BCUT2D eigenvalue weighted by atomic mass is 9.99. The van der Waals surface area contributed by atoms with Crippen LogP contribution in [0, 0.1) is 13.8 Å². The summed E-state index contributed by atoms with van der Waals surface area (Å²) in [6, 6.07) is 8.62. The maximum atomic E-state index is 5.64. The van der Waals surface area contributed by atoms with E-state index in [1.807, 2.05) is 13.8 Å². The van der Waals surface area contributed by atoms with Crippen LogP contribution in [0.4, 0.5) is 5.69 Å². The molecule has 1 aromatic carbocycles. The van der Waals surface area contributed by atoms with Crippen molar-refractivity contribution in [1.29, 1.82) is 0 Å². The van der Waals surface area contributed by atoms with E-state index in [-0.39, 0.29) is 6.04 Å². The van der Waals surface area contributed by atoms with Crippen molar-refractivity contribution in [1.82, 2.24) is 10.2 Å². The maximum Gasteiger partial charge on any atom is 0.0825 e. The second kappa shape index (κ2) is 4.46. The summed E-state index contributed by atoms with van der Waals surface area (Å²) in [5.41, 5.74) is 5.73. The molecule has 1 atom stereocenters. The molecule has 1 aliphatic heterocycles. The lowest BCUT2D eigenvalue weighted by Crippen LogP contribution is -2.23. The highest BCUT2D eigenvalue weighted by atomic mass is 16.5. The first-order chi connectivity index (χ1) is 8.75. The number of nitrogens with one attached hydrogen (secondary N) is 2. The van der Waals surface area contributed by atoms with Crippen LogP contribution in [-0.4, -0.2) is 16.8 Å². The number of anilines is 1. The minimum absolute atomic E-state index is 0.199. The van der Waals surface area contributed by atoms with Crippen LogP contribution in [0.1, 0.15) is 28.6 Å². The van der Waals surface area contributed by atoms with Crippen molar-refractivity contribution in [2.24, 2.45) is 0 Å². The fourth-order valence-electron chi connectivity index (χ4n) is 2.44. The molecule has 0 amide bonds. The van der Waals surface area contributed by atoms with Crippen LogP contribution < -0.4 is 5.32 Å². The number of hydrogen-bond acceptors (Lipinski definition) is 3. The first-order valence-corrected chi connectivity index (χ1v) is 6.19. The van der Waals surface area contributed by atoms with Gasteiger partial charge in [-0.15, -0.1) is 0 Å². The van der Waals surface area contributed by atoms with Gasteiger partial charge in [0.15, 0.2) is 0 Å². The number of rotatable bonds is 2. The number of aryl methyl sites for hydroxylation is 2. The molecule has 0 fully saturated rings. The lowest BCUT2D eigenvalue weighted by molar-refractivity contribution is 0.0970. The van der Waals surface area contributed by atoms with Crippen LogP contribution in [0.3, 0.4) is 0 Å². The molecular formula is C14H17N3O. The van der Waals surface area contributed by atoms with Gasteiger partial charge in [0.25, 0.3) is 0 Å². The molecule has 1 aromatic heterocycles. The van der Waals surface area contributed by atoms with Crippen LogP contribution in [-0.2, 0) is 11.3 Å². The molecule has 3 rings (SSSR count). The van der Waals surface area contributed by atoms with E-state index < -0.39 is 0 Å². The van der Waals surface area contributed by atoms with Crippen LogP contribution in [0.5, 0.6) is 0 Å². The van der Waals surface area contributed by atoms with Gasteiger partial charge >= 0.3 is 0 Å². The van der Waals surface area contributed by atoms with Crippen molar-refractivity contribution in [3.8, 4) is 0 Å². The Hall–Kier alpha value is -1.81. The van der Waals surface area contributed by atoms with Gasteiger partial charge in [0.2, 0.25) is 0 Å². The van der Waals surface area contributed by atoms with E-state index in [0.717, 1.165) is 17.1 Å². The Kier molecular flexibility index (Phi) is 2.80. The molecule has 2 N–H and O–H groups in total. The molecular weight excluding hydrogens is 226 g/mol. The smallest absolute Gasteiger partial charge is 0.0825 e. The van der Waals surface area contributed by atoms with Crippen molar-refractivity contribution < 1.29 is 4.74 Å². The van der Waals surface area contributed by atoms with Gasteiger partial charge in [0.05, 0.1) is 36.3 Å². The Morgan fingerprint density at radius 3 is 2.94 bits per heavy atom. The minimum Gasteiger partial charge on any atom is -0.374 e. The summed E-state index contributed by atoms with van der Waals surface area (Å²) in [5, 5.41) is 10.7. The molecule has 0 radical (unpaired) electrons. The van der Waals surface area contributed by atoms with Gasteiger partial charge in [-0.25, -0.2) is 0 Å². The number of fused-ring (bicyclic) bond motifs is 1. The molecule has 4 nitrogen and oxygen atoms in total. The Labute approximate surface area is 106 Å². The van der Waals surface area contributed by atoms with E-state index in [0.29, 0.717) is 13.2 Å². The fraction of sp³-hybridized carbons (Fsp3) is 0.357. The quantitative estimate of drug-likeness (QED) is 0.852. The first kappa shape index (κ1) is 11.3. The van der Waals surface area contributed by atoms with E-state index in [9.17, 15) is 0 Å². The summed E-state index contributed by atoms with van der Waals surface area (Å²) in [4.78, 5) is 0. The van der Waals surface area contributed by atoms with Crippen LogP contribution in [0.15, 0.2) is 24.3 Å². The Morgan fingerprint density at radius 2 is 2.17 bits per heavy atom. The van der Waals surface area contributed by atoms with E-state index >= 15 is 0 Å². The van der Waals surface area contributed by atoms with Crippen molar-refractivity contribution in [3.63, 3.8) is 0 Å². The van der Waals surface area contributed by atoms with Crippen molar-refractivity contribution in [2.45, 2.75) is 26.5 Å². The molecule has 2 aromatic rings. The molecule has 1 unspecified atom stereocenters. The third kappa shape index (κ3) is 1.88. The Bertz CT molecular complexity index is 542. The summed E-state index contributed by atoms with van der Waals surface area (Å²) >= 11 is 0. The fourth-order valence-corrected chi connectivity index (χ4v) is 2.44. The molecule has 1 aliphatic rings. The third-order valence-corrected chi connectivity index (χ3v) is 3.42. The molecule has 94 valence electrons. The number of nitrogens with zero attached hydrogens (tertiary/aromatic N) is 1. The second-order valence-corrected chi connectivity index (χ2v) is 4.72. The Morgan fingerprint density at radius 1 is 1.33 bits per heavy atom. The van der Waals surface area contributed by atoms with Gasteiger partial charge in [-0.1, -0.05) is 24.3 Å². The maximum absolute atomic E-state index is 5.64. The van der Waals surface area contributed by atoms with E-state index in [4.69, 9.17) is 4.74 Å². The van der Waals surface area contributed by atoms with E-state index in [2.05, 4.69) is 39.8 Å². The zero-order chi connectivity index (χ0) is 12.5. The van der Waals surface area contributed by atoms with E-state index in [1.54, 1.807) is 0 Å². The number of H-pyrrole nitrogens is 1. The van der Waals surface area contributed by atoms with Gasteiger partial charge in [0, 0.05) is 0 Å². The van der Waals surface area contributed by atoms with Gasteiger partial charge < -0.3 is 10.1 Å². The molecule has 2 heterocycles. The number of aromatic amines is 1. The van der Waals surface area contributed by atoms with Gasteiger partial charge in [0.1, 0.15) is 0 Å². The van der Waals surface area contributed by atoms with Gasteiger partial charge in [-0.05, 0) is 25.0 Å². The number of aromatic nitrogens is 2. The summed E-state index contributed by atoms with van der Waals surface area (Å²) in [6.45, 7) is 5.43. The predicted molar refractivity (Wildman–Crippen MR) is 70.5 cm³/mol. The van der Waals surface area contributed by atoms with Crippen molar-refractivity contribution in [3.05, 3.63) is 46.8 Å². The summed E-state index contributed by atoms with van der Waals surface area (Å²) in [6.07, 6.45) is 0. The predicted octanol–water partition coefficient (Wildman–Crippen LogP) is 2.71. The monoisotopic (exact) mass is 243 g/mol. The average Bonchev–Trinajstić information content (AvgIpc) is 2.71. The second-order valence-electron chi connectivity index (χ2n) is 4.72. The molecule has 0 saturated heterocycles. The molecule has 0 bridgehead atoms. The molecule has 0 aliphatic carbocycles. The lowest BCUT2D eigenvalue weighted by Gasteiger charge is -2.27. The van der Waals surface area contributed by atoms with Gasteiger partial charge in [-0.2, -0.15) is 5.10 Å². The normalized spacial score (nSPS) is 18.4. The zero-order valence-electron chi connectivity index (χ0n) is 10.7. The number of hydrogen-bond donors (Lipinski definition) is 2. The molecule has 0 spiro atoms. The van der Waals surface area contributed by atoms with Gasteiger partial charge in [-0.3, -0.25) is 5.10 Å².